The fourth-order valence-electron chi connectivity index (χ4n) is 1.90. The standard InChI is InChI=1S/C18H36N2O6/c1-3-5-6-17(21)20-8-10-24-12-14-26-16-15-25-13-11-23-9-7-18(22)19-4-2/h3-16H2,1-2H3,(H,19,22)(H,20,21). The first-order valence-electron chi connectivity index (χ1n) is 9.55. The molecule has 0 heterocycles. The number of carbonyl (C=O) groups excluding carboxylic acids is 2. The van der Waals surface area contributed by atoms with Crippen LogP contribution in [-0.4, -0.2) is 77.8 Å². The largest absolute Gasteiger partial charge is 0.379 e. The molecule has 0 spiro atoms. The van der Waals surface area contributed by atoms with E-state index in [1.807, 2.05) is 6.92 Å². The molecule has 0 aliphatic carbocycles. The lowest BCUT2D eigenvalue weighted by Crippen LogP contribution is -2.27. The number of ether oxygens (including phenoxy) is 4. The first-order chi connectivity index (χ1) is 12.7. The molecule has 0 atom stereocenters. The Morgan fingerprint density at radius 3 is 1.69 bits per heavy atom. The summed E-state index contributed by atoms with van der Waals surface area (Å²) in [7, 11) is 0. The quantitative estimate of drug-likeness (QED) is 0.325. The zero-order valence-corrected chi connectivity index (χ0v) is 16.3. The molecule has 0 unspecified atom stereocenters. The van der Waals surface area contributed by atoms with Gasteiger partial charge in [-0.3, -0.25) is 9.59 Å². The van der Waals surface area contributed by atoms with Crippen LogP contribution < -0.4 is 10.6 Å². The number of nitrogens with one attached hydrogen (secondary N) is 2. The molecule has 0 aliphatic heterocycles. The highest BCUT2D eigenvalue weighted by Gasteiger charge is 1.99. The van der Waals surface area contributed by atoms with Crippen LogP contribution in [0.5, 0.6) is 0 Å². The van der Waals surface area contributed by atoms with E-state index in [1.54, 1.807) is 0 Å². The number of rotatable bonds is 19. The van der Waals surface area contributed by atoms with Gasteiger partial charge in [-0.1, -0.05) is 13.3 Å². The zero-order chi connectivity index (χ0) is 19.3. The van der Waals surface area contributed by atoms with Crippen molar-refractivity contribution in [1.82, 2.24) is 10.6 Å². The number of hydrogen-bond donors (Lipinski definition) is 2. The van der Waals surface area contributed by atoms with Crippen LogP contribution in [0.3, 0.4) is 0 Å². The fourth-order valence-corrected chi connectivity index (χ4v) is 1.90. The van der Waals surface area contributed by atoms with Crippen LogP contribution in [0.25, 0.3) is 0 Å². The van der Waals surface area contributed by atoms with E-state index in [9.17, 15) is 9.59 Å². The topological polar surface area (TPSA) is 95.1 Å². The minimum absolute atomic E-state index is 0.00270. The molecular formula is C18H36N2O6. The summed E-state index contributed by atoms with van der Waals surface area (Å²) < 4.78 is 21.4. The van der Waals surface area contributed by atoms with Gasteiger partial charge < -0.3 is 29.6 Å². The first-order valence-corrected chi connectivity index (χ1v) is 9.55. The molecule has 2 amide bonds. The van der Waals surface area contributed by atoms with E-state index in [4.69, 9.17) is 18.9 Å². The maximum atomic E-state index is 11.3. The zero-order valence-electron chi connectivity index (χ0n) is 16.3. The Kier molecular flexibility index (Phi) is 19.2. The number of carbonyl (C=O) groups is 2. The van der Waals surface area contributed by atoms with Crippen molar-refractivity contribution in [3.63, 3.8) is 0 Å². The van der Waals surface area contributed by atoms with Gasteiger partial charge in [-0.2, -0.15) is 0 Å². The second-order valence-electron chi connectivity index (χ2n) is 5.61. The Morgan fingerprint density at radius 1 is 0.654 bits per heavy atom. The van der Waals surface area contributed by atoms with Gasteiger partial charge in [0.1, 0.15) is 0 Å². The van der Waals surface area contributed by atoms with Crippen LogP contribution in [0, 0.1) is 0 Å². The van der Waals surface area contributed by atoms with Crippen molar-refractivity contribution >= 4 is 11.8 Å². The Balaban J connectivity index is 3.11. The van der Waals surface area contributed by atoms with Crippen molar-refractivity contribution in [3.05, 3.63) is 0 Å². The average molecular weight is 376 g/mol. The molecule has 154 valence electrons. The van der Waals surface area contributed by atoms with Gasteiger partial charge in [0.2, 0.25) is 11.8 Å². The van der Waals surface area contributed by atoms with Crippen LogP contribution in [0.1, 0.15) is 39.5 Å². The van der Waals surface area contributed by atoms with Crippen molar-refractivity contribution < 1.29 is 28.5 Å². The molecule has 26 heavy (non-hydrogen) atoms. The van der Waals surface area contributed by atoms with Crippen LogP contribution in [0.2, 0.25) is 0 Å². The third-order valence-electron chi connectivity index (χ3n) is 3.29. The summed E-state index contributed by atoms with van der Waals surface area (Å²) in [5, 5.41) is 5.52. The molecule has 2 N–H and O–H groups in total. The molecule has 0 aliphatic rings. The Bertz CT molecular complexity index is 342. The van der Waals surface area contributed by atoms with E-state index in [0.29, 0.717) is 78.8 Å². The van der Waals surface area contributed by atoms with E-state index in [2.05, 4.69) is 17.6 Å². The Labute approximate surface area is 157 Å². The minimum Gasteiger partial charge on any atom is -0.379 e. The SMILES string of the molecule is CCCCC(=O)NCCOCCOCCOCCOCCC(=O)NCC. The summed E-state index contributed by atoms with van der Waals surface area (Å²) in [6.45, 7) is 8.94. The van der Waals surface area contributed by atoms with Gasteiger partial charge in [0.05, 0.1) is 52.9 Å². The van der Waals surface area contributed by atoms with Gasteiger partial charge in [-0.05, 0) is 13.3 Å². The normalized spacial score (nSPS) is 10.7. The maximum Gasteiger partial charge on any atom is 0.222 e. The Hall–Kier alpha value is -1.22. The molecule has 0 aromatic heterocycles. The van der Waals surface area contributed by atoms with Gasteiger partial charge >= 0.3 is 0 Å². The first kappa shape index (κ1) is 24.8. The van der Waals surface area contributed by atoms with Crippen molar-refractivity contribution in [1.29, 1.82) is 0 Å². The van der Waals surface area contributed by atoms with Gasteiger partial charge in [-0.25, -0.2) is 0 Å². The number of unbranched alkanes of at least 4 members (excludes halogenated alkanes) is 1. The predicted molar refractivity (Wildman–Crippen MR) is 99.1 cm³/mol. The van der Waals surface area contributed by atoms with Crippen LogP contribution >= 0.6 is 0 Å². The van der Waals surface area contributed by atoms with E-state index in [1.165, 1.54) is 0 Å². The molecule has 0 aromatic carbocycles. The highest BCUT2D eigenvalue weighted by molar-refractivity contribution is 5.76. The molecule has 0 radical (unpaired) electrons. The molecule has 0 aromatic rings. The smallest absolute Gasteiger partial charge is 0.222 e. The second kappa shape index (κ2) is 20.1. The third-order valence-corrected chi connectivity index (χ3v) is 3.29. The summed E-state index contributed by atoms with van der Waals surface area (Å²) in [5.41, 5.74) is 0. The second-order valence-corrected chi connectivity index (χ2v) is 5.61. The fraction of sp³-hybridized carbons (Fsp3) is 0.889. The molecule has 8 heteroatoms. The summed E-state index contributed by atoms with van der Waals surface area (Å²) in [6, 6.07) is 0. The van der Waals surface area contributed by atoms with Gasteiger partial charge in [-0.15, -0.1) is 0 Å². The summed E-state index contributed by atoms with van der Waals surface area (Å²) in [4.78, 5) is 22.5. The van der Waals surface area contributed by atoms with E-state index in [0.717, 1.165) is 12.8 Å². The molecular weight excluding hydrogens is 340 g/mol. The lowest BCUT2D eigenvalue weighted by molar-refractivity contribution is -0.122. The van der Waals surface area contributed by atoms with Gasteiger partial charge in [0, 0.05) is 25.9 Å². The predicted octanol–water partition coefficient (Wildman–Crippen LogP) is 0.885. The van der Waals surface area contributed by atoms with Crippen LogP contribution in [0.15, 0.2) is 0 Å². The highest BCUT2D eigenvalue weighted by atomic mass is 16.6. The molecule has 0 bridgehead atoms. The number of amides is 2. The van der Waals surface area contributed by atoms with Crippen LogP contribution in [0.4, 0.5) is 0 Å². The lowest BCUT2D eigenvalue weighted by atomic mass is 10.2. The minimum atomic E-state index is 0.00270. The van der Waals surface area contributed by atoms with Gasteiger partial charge in [0.25, 0.3) is 0 Å². The summed E-state index contributed by atoms with van der Waals surface area (Å²) in [5.74, 6) is 0.0833. The average Bonchev–Trinajstić information content (AvgIpc) is 2.63. The highest BCUT2D eigenvalue weighted by Crippen LogP contribution is 1.92. The third kappa shape index (κ3) is 19.1. The molecule has 0 saturated heterocycles. The lowest BCUT2D eigenvalue weighted by Gasteiger charge is -2.08. The Morgan fingerprint density at radius 2 is 1.15 bits per heavy atom. The van der Waals surface area contributed by atoms with Crippen molar-refractivity contribution in [2.75, 3.05) is 65.9 Å². The summed E-state index contributed by atoms with van der Waals surface area (Å²) >= 11 is 0. The number of hydrogen-bond acceptors (Lipinski definition) is 6. The van der Waals surface area contributed by atoms with Crippen molar-refractivity contribution in [2.45, 2.75) is 39.5 Å². The van der Waals surface area contributed by atoms with E-state index in [-0.39, 0.29) is 11.8 Å². The van der Waals surface area contributed by atoms with Crippen molar-refractivity contribution in [3.8, 4) is 0 Å². The van der Waals surface area contributed by atoms with Crippen LogP contribution in [-0.2, 0) is 28.5 Å². The monoisotopic (exact) mass is 376 g/mol. The molecule has 0 saturated carbocycles. The van der Waals surface area contributed by atoms with Crippen molar-refractivity contribution in [2.24, 2.45) is 0 Å². The molecule has 0 fully saturated rings. The van der Waals surface area contributed by atoms with Gasteiger partial charge in [0.15, 0.2) is 0 Å². The molecule has 8 nitrogen and oxygen atoms in total. The van der Waals surface area contributed by atoms with E-state index < -0.39 is 0 Å². The summed E-state index contributed by atoms with van der Waals surface area (Å²) in [6.07, 6.45) is 2.90. The van der Waals surface area contributed by atoms with E-state index >= 15 is 0 Å². The molecule has 0 rings (SSSR count). The maximum absolute atomic E-state index is 11.3.